The van der Waals surface area contributed by atoms with Crippen LogP contribution in [-0.2, 0) is 0 Å². The van der Waals surface area contributed by atoms with Gasteiger partial charge in [-0.05, 0) is 62.8 Å². The van der Waals surface area contributed by atoms with Crippen LogP contribution in [-0.4, -0.2) is 69.1 Å². The van der Waals surface area contributed by atoms with Gasteiger partial charge in [0, 0.05) is 42.4 Å². The molecule has 7 nitrogen and oxygen atoms in total. The minimum absolute atomic E-state index is 0.0856. The monoisotopic (exact) mass is 488 g/mol. The number of aliphatic hydroxyl groups excluding tert-OH is 1. The largest absolute Gasteiger partial charge is 0.395 e. The first-order valence-electron chi connectivity index (χ1n) is 11.7. The molecule has 176 valence electrons. The number of β-amino-alcohol motifs (C(OH)–C–C–N with tert-alkyl or cyclic N) is 1. The fourth-order valence-corrected chi connectivity index (χ4v) is 5.81. The Morgan fingerprint density at radius 1 is 1.18 bits per heavy atom. The summed E-state index contributed by atoms with van der Waals surface area (Å²) >= 11 is 12.6. The summed E-state index contributed by atoms with van der Waals surface area (Å²) in [5, 5.41) is 16.2. The molecule has 0 radical (unpaired) electrons. The van der Waals surface area contributed by atoms with Crippen molar-refractivity contribution in [2.24, 2.45) is 11.8 Å². The van der Waals surface area contributed by atoms with Gasteiger partial charge in [0.25, 0.3) is 0 Å². The van der Waals surface area contributed by atoms with E-state index >= 15 is 0 Å². The molecule has 0 amide bonds. The molecule has 0 bridgehead atoms. The van der Waals surface area contributed by atoms with Gasteiger partial charge >= 0.3 is 0 Å². The molecule has 3 aromatic rings. The van der Waals surface area contributed by atoms with Gasteiger partial charge in [-0.3, -0.25) is 0 Å². The van der Waals surface area contributed by atoms with Gasteiger partial charge in [-0.15, -0.1) is 0 Å². The van der Waals surface area contributed by atoms with E-state index in [1.54, 1.807) is 6.07 Å². The molecule has 0 saturated carbocycles. The first kappa shape index (κ1) is 22.8. The molecule has 2 aromatic heterocycles. The molecular formula is C24H30Cl2N6O. The smallest absolute Gasteiger partial charge is 0.227 e. The molecule has 2 saturated heterocycles. The van der Waals surface area contributed by atoms with E-state index in [-0.39, 0.29) is 12.6 Å². The molecule has 1 unspecified atom stereocenters. The van der Waals surface area contributed by atoms with Crippen LogP contribution in [0.25, 0.3) is 11.0 Å². The molecule has 2 aliphatic heterocycles. The number of likely N-dealkylation sites (tertiary alicyclic amines) is 1. The van der Waals surface area contributed by atoms with Crippen LogP contribution >= 0.6 is 23.2 Å². The highest BCUT2D eigenvalue weighted by Crippen LogP contribution is 2.34. The summed E-state index contributed by atoms with van der Waals surface area (Å²) in [6.07, 6.45) is 4.38. The van der Waals surface area contributed by atoms with E-state index in [2.05, 4.69) is 21.7 Å². The van der Waals surface area contributed by atoms with Gasteiger partial charge in [-0.1, -0.05) is 29.3 Å². The lowest BCUT2D eigenvalue weighted by Gasteiger charge is -2.46. The molecule has 2 atom stereocenters. The molecule has 1 aromatic carbocycles. The van der Waals surface area contributed by atoms with Crippen molar-refractivity contribution in [3.63, 3.8) is 0 Å². The number of aliphatic hydroxyl groups is 1. The van der Waals surface area contributed by atoms with Crippen LogP contribution in [0.15, 0.2) is 24.4 Å². The van der Waals surface area contributed by atoms with E-state index in [0.29, 0.717) is 21.9 Å². The van der Waals surface area contributed by atoms with E-state index in [9.17, 15) is 5.11 Å². The Kier molecular flexibility index (Phi) is 6.49. The number of halogens is 2. The summed E-state index contributed by atoms with van der Waals surface area (Å²) < 4.78 is 1.94. The summed E-state index contributed by atoms with van der Waals surface area (Å²) in [5.74, 6) is 2.10. The maximum absolute atomic E-state index is 9.27. The molecule has 5 rings (SSSR count). The van der Waals surface area contributed by atoms with Crippen molar-refractivity contribution in [2.75, 3.05) is 44.2 Å². The van der Waals surface area contributed by atoms with Gasteiger partial charge in [0.05, 0.1) is 23.7 Å². The van der Waals surface area contributed by atoms with E-state index in [4.69, 9.17) is 33.3 Å². The van der Waals surface area contributed by atoms with Gasteiger partial charge in [0.2, 0.25) is 5.95 Å². The van der Waals surface area contributed by atoms with Gasteiger partial charge in [-0.2, -0.15) is 10.1 Å². The molecule has 1 N–H and O–H groups in total. The van der Waals surface area contributed by atoms with Crippen molar-refractivity contribution in [1.82, 2.24) is 24.6 Å². The molecule has 0 aliphatic carbocycles. The Morgan fingerprint density at radius 2 is 2.00 bits per heavy atom. The van der Waals surface area contributed by atoms with E-state index in [1.165, 1.54) is 12.8 Å². The average Bonchev–Trinajstić information content (AvgIpc) is 3.09. The van der Waals surface area contributed by atoms with Crippen molar-refractivity contribution in [1.29, 1.82) is 0 Å². The van der Waals surface area contributed by atoms with Gasteiger partial charge in [0.1, 0.15) is 0 Å². The zero-order valence-corrected chi connectivity index (χ0v) is 20.6. The summed E-state index contributed by atoms with van der Waals surface area (Å²) in [4.78, 5) is 14.3. The first-order chi connectivity index (χ1) is 15.9. The Morgan fingerprint density at radius 3 is 2.76 bits per heavy atom. The number of rotatable bonds is 6. The summed E-state index contributed by atoms with van der Waals surface area (Å²) in [6, 6.07) is 5.48. The highest BCUT2D eigenvalue weighted by molar-refractivity contribution is 6.35. The lowest BCUT2D eigenvalue weighted by Crippen LogP contribution is -2.54. The highest BCUT2D eigenvalue weighted by atomic mass is 35.5. The van der Waals surface area contributed by atoms with Crippen LogP contribution in [0.5, 0.6) is 0 Å². The van der Waals surface area contributed by atoms with E-state index in [0.717, 1.165) is 61.0 Å². The third-order valence-corrected chi connectivity index (χ3v) is 7.78. The number of nitrogens with zero attached hydrogens (tertiary/aromatic N) is 6. The number of aromatic nitrogens is 4. The minimum Gasteiger partial charge on any atom is -0.395 e. The second-order valence-electron chi connectivity index (χ2n) is 9.37. The molecule has 2 fully saturated rings. The fourth-order valence-electron chi connectivity index (χ4n) is 5.25. The lowest BCUT2D eigenvalue weighted by atomic mass is 9.81. The Labute approximate surface area is 204 Å². The molecule has 4 heterocycles. The number of benzene rings is 1. The number of hydrogen-bond donors (Lipinski definition) is 1. The zero-order chi connectivity index (χ0) is 23.1. The van der Waals surface area contributed by atoms with Crippen LogP contribution in [0.3, 0.4) is 0 Å². The second kappa shape index (κ2) is 9.37. The minimum atomic E-state index is -0.0856. The van der Waals surface area contributed by atoms with Crippen LogP contribution in [0.4, 0.5) is 5.95 Å². The average molecular weight is 489 g/mol. The second-order valence-corrected chi connectivity index (χ2v) is 10.2. The lowest BCUT2D eigenvalue weighted by molar-refractivity contribution is 0.101. The van der Waals surface area contributed by atoms with Crippen molar-refractivity contribution < 1.29 is 5.11 Å². The Balaban J connectivity index is 1.35. The Bertz CT molecular complexity index is 1140. The zero-order valence-electron chi connectivity index (χ0n) is 19.1. The quantitative estimate of drug-likeness (QED) is 0.560. The number of hydrogen-bond acceptors (Lipinski definition) is 6. The van der Waals surface area contributed by atoms with Gasteiger partial charge in [-0.25, -0.2) is 9.67 Å². The highest BCUT2D eigenvalue weighted by Gasteiger charge is 2.37. The summed E-state index contributed by atoms with van der Waals surface area (Å²) in [6.45, 7) is 9.24. The van der Waals surface area contributed by atoms with Crippen molar-refractivity contribution in [3.8, 4) is 0 Å². The molecular weight excluding hydrogens is 459 g/mol. The van der Waals surface area contributed by atoms with Crippen LogP contribution in [0.2, 0.25) is 10.0 Å². The van der Waals surface area contributed by atoms with Crippen LogP contribution < -0.4 is 4.90 Å². The normalized spacial score (nSPS) is 20.9. The molecule has 0 spiro atoms. The third-order valence-electron chi connectivity index (χ3n) is 7.22. The summed E-state index contributed by atoms with van der Waals surface area (Å²) in [5.41, 5.74) is 2.69. The Hall–Kier alpha value is -1.93. The van der Waals surface area contributed by atoms with E-state index in [1.807, 2.05) is 29.9 Å². The van der Waals surface area contributed by atoms with Crippen LogP contribution in [0, 0.1) is 18.8 Å². The first-order valence-corrected chi connectivity index (χ1v) is 12.4. The fraction of sp³-hybridized carbons (Fsp3) is 0.542. The topological polar surface area (TPSA) is 70.3 Å². The third kappa shape index (κ3) is 4.44. The standard InChI is InChI=1S/C24H30Cl2N6O/c1-15-21-11-27-24(31-13-18(14-31)17-4-3-7-30(12-17)8-9-33)28-23(21)32(29-15)16(2)20-6-5-19(25)10-22(20)26/h5-6,10-11,16-18,33H,3-4,7-9,12-14H2,1-2H3/t16?,17-/m0/s1. The number of piperidine rings is 1. The molecule has 9 heteroatoms. The predicted octanol–water partition coefficient (Wildman–Crippen LogP) is 4.19. The van der Waals surface area contributed by atoms with Crippen LogP contribution in [0.1, 0.15) is 37.1 Å². The van der Waals surface area contributed by atoms with Gasteiger partial charge < -0.3 is 14.9 Å². The SMILES string of the molecule is Cc1nn(C(C)c2ccc(Cl)cc2Cl)c2nc(N3CC([C@H]4CCCN(CCO)C4)C3)ncc12. The van der Waals surface area contributed by atoms with E-state index < -0.39 is 0 Å². The number of anilines is 1. The van der Waals surface area contributed by atoms with Crippen molar-refractivity contribution in [3.05, 3.63) is 45.7 Å². The molecule has 33 heavy (non-hydrogen) atoms. The maximum Gasteiger partial charge on any atom is 0.227 e. The van der Waals surface area contributed by atoms with Crippen molar-refractivity contribution >= 4 is 40.2 Å². The van der Waals surface area contributed by atoms with Gasteiger partial charge in [0.15, 0.2) is 5.65 Å². The number of aryl methyl sites for hydroxylation is 1. The summed E-state index contributed by atoms with van der Waals surface area (Å²) in [7, 11) is 0. The predicted molar refractivity (Wildman–Crippen MR) is 132 cm³/mol. The number of fused-ring (bicyclic) bond motifs is 1. The maximum atomic E-state index is 9.27. The van der Waals surface area contributed by atoms with Crippen molar-refractivity contribution in [2.45, 2.75) is 32.7 Å². The molecule has 2 aliphatic rings.